The summed E-state index contributed by atoms with van der Waals surface area (Å²) in [6, 6.07) is -0.998. The first-order chi connectivity index (χ1) is 9.56. The Morgan fingerprint density at radius 3 is 2.45 bits per heavy atom. The van der Waals surface area contributed by atoms with E-state index in [0.29, 0.717) is 18.8 Å². The maximum atomic E-state index is 12.6. The number of aliphatic carboxylic acids is 1. The lowest BCUT2D eigenvalue weighted by molar-refractivity contribution is -0.141. The fourth-order valence-electron chi connectivity index (χ4n) is 2.19. The average molecular weight is 298 g/mol. The summed E-state index contributed by atoms with van der Waals surface area (Å²) in [6.45, 7) is 10.1. The Labute approximate surface area is 124 Å². The van der Waals surface area contributed by atoms with Crippen molar-refractivity contribution in [1.82, 2.24) is 9.80 Å². The van der Waals surface area contributed by atoms with Crippen molar-refractivity contribution >= 4 is 23.8 Å². The van der Waals surface area contributed by atoms with Gasteiger partial charge in [-0.15, -0.1) is 24.9 Å². The number of hydrogen-bond acceptors (Lipinski definition) is 3. The highest BCUT2D eigenvalue weighted by molar-refractivity contribution is 8.00. The Morgan fingerprint density at radius 1 is 1.40 bits per heavy atom. The molecule has 0 aliphatic carbocycles. The van der Waals surface area contributed by atoms with Gasteiger partial charge in [-0.2, -0.15) is 0 Å². The highest BCUT2D eigenvalue weighted by Crippen LogP contribution is 2.33. The van der Waals surface area contributed by atoms with Crippen LogP contribution < -0.4 is 0 Å². The Kier molecular flexibility index (Phi) is 6.64. The molecule has 0 aromatic heterocycles. The largest absolute Gasteiger partial charge is 0.480 e. The minimum absolute atomic E-state index is 0.0641. The quantitative estimate of drug-likeness (QED) is 0.733. The monoisotopic (exact) mass is 298 g/mol. The number of hydrogen-bond donors (Lipinski definition) is 1. The molecule has 1 aliphatic heterocycles. The van der Waals surface area contributed by atoms with Crippen molar-refractivity contribution in [3.05, 3.63) is 25.3 Å². The molecule has 1 saturated heterocycles. The van der Waals surface area contributed by atoms with E-state index in [4.69, 9.17) is 0 Å². The minimum atomic E-state index is -0.943. The van der Waals surface area contributed by atoms with Gasteiger partial charge in [0.15, 0.2) is 0 Å². The standard InChI is InChI=1S/C14H22N2O3S/c1-4-7-12-16(11(10-20-12)13(17)18)14(19)15(8-5-2)9-6-3/h5-6,11-12H,2-4,7-10H2,1H3,(H,17,18). The van der Waals surface area contributed by atoms with Crippen LogP contribution in [0.2, 0.25) is 0 Å². The van der Waals surface area contributed by atoms with Crippen LogP contribution in [-0.4, -0.2) is 57.2 Å². The molecule has 112 valence electrons. The number of carboxylic acid groups (broad SMARTS) is 1. The van der Waals surface area contributed by atoms with E-state index in [1.54, 1.807) is 17.1 Å². The summed E-state index contributed by atoms with van der Waals surface area (Å²) in [5, 5.41) is 9.23. The van der Waals surface area contributed by atoms with E-state index in [1.807, 2.05) is 6.92 Å². The van der Waals surface area contributed by atoms with Crippen LogP contribution in [0.5, 0.6) is 0 Å². The first kappa shape index (κ1) is 16.6. The second-order valence-corrected chi connectivity index (χ2v) is 5.81. The molecule has 0 bridgehead atoms. The number of nitrogens with zero attached hydrogens (tertiary/aromatic N) is 2. The van der Waals surface area contributed by atoms with Crippen LogP contribution in [0.3, 0.4) is 0 Å². The molecular formula is C14H22N2O3S. The third kappa shape index (κ3) is 3.79. The van der Waals surface area contributed by atoms with Gasteiger partial charge in [0.2, 0.25) is 0 Å². The summed E-state index contributed by atoms with van der Waals surface area (Å²) < 4.78 is 0. The van der Waals surface area contributed by atoms with Gasteiger partial charge in [-0.3, -0.25) is 4.90 Å². The van der Waals surface area contributed by atoms with Crippen molar-refractivity contribution in [2.75, 3.05) is 18.8 Å². The molecule has 2 unspecified atom stereocenters. The lowest BCUT2D eigenvalue weighted by atomic mass is 10.2. The predicted octanol–water partition coefficient (Wildman–Crippen LogP) is 2.41. The summed E-state index contributed by atoms with van der Waals surface area (Å²) in [7, 11) is 0. The summed E-state index contributed by atoms with van der Waals surface area (Å²) in [4.78, 5) is 27.0. The van der Waals surface area contributed by atoms with E-state index in [-0.39, 0.29) is 11.4 Å². The molecule has 1 fully saturated rings. The normalized spacial score (nSPS) is 21.6. The van der Waals surface area contributed by atoms with Gasteiger partial charge in [0.1, 0.15) is 6.04 Å². The zero-order valence-corrected chi connectivity index (χ0v) is 12.6. The molecule has 1 N–H and O–H groups in total. The van der Waals surface area contributed by atoms with Crippen LogP contribution >= 0.6 is 11.8 Å². The highest BCUT2D eigenvalue weighted by Gasteiger charge is 2.42. The Balaban J connectivity index is 2.93. The van der Waals surface area contributed by atoms with Gasteiger partial charge in [-0.05, 0) is 6.42 Å². The van der Waals surface area contributed by atoms with Crippen molar-refractivity contribution in [2.45, 2.75) is 31.2 Å². The number of carbonyl (C=O) groups is 2. The van der Waals surface area contributed by atoms with E-state index in [1.165, 1.54) is 16.7 Å². The van der Waals surface area contributed by atoms with Crippen molar-refractivity contribution in [3.63, 3.8) is 0 Å². The second kappa shape index (κ2) is 7.99. The molecule has 0 spiro atoms. The van der Waals surface area contributed by atoms with Gasteiger partial charge >= 0.3 is 12.0 Å². The summed E-state index contributed by atoms with van der Waals surface area (Å²) in [6.07, 6.45) is 4.98. The molecule has 20 heavy (non-hydrogen) atoms. The smallest absolute Gasteiger partial charge is 0.327 e. The van der Waals surface area contributed by atoms with E-state index >= 15 is 0 Å². The molecule has 1 rings (SSSR count). The number of thioether (sulfide) groups is 1. The van der Waals surface area contributed by atoms with Gasteiger partial charge in [0.25, 0.3) is 0 Å². The summed E-state index contributed by atoms with van der Waals surface area (Å²) in [5.41, 5.74) is 0. The van der Waals surface area contributed by atoms with Crippen LogP contribution in [0.1, 0.15) is 19.8 Å². The number of carboxylic acids is 1. The highest BCUT2D eigenvalue weighted by atomic mass is 32.2. The molecule has 5 nitrogen and oxygen atoms in total. The SMILES string of the molecule is C=CCN(CC=C)C(=O)N1C(CCC)SCC1C(=O)O. The molecular weight excluding hydrogens is 276 g/mol. The fraction of sp³-hybridized carbons (Fsp3) is 0.571. The first-order valence-electron chi connectivity index (χ1n) is 6.70. The maximum absolute atomic E-state index is 12.6. The van der Waals surface area contributed by atoms with Crippen molar-refractivity contribution in [1.29, 1.82) is 0 Å². The number of amides is 2. The number of rotatable bonds is 7. The zero-order chi connectivity index (χ0) is 15.1. The van der Waals surface area contributed by atoms with E-state index in [9.17, 15) is 14.7 Å². The van der Waals surface area contributed by atoms with Crippen LogP contribution in [0, 0.1) is 0 Å². The Morgan fingerprint density at radius 2 is 2.00 bits per heavy atom. The van der Waals surface area contributed by atoms with Crippen LogP contribution in [0.4, 0.5) is 4.79 Å². The van der Waals surface area contributed by atoms with Gasteiger partial charge in [0.05, 0.1) is 5.37 Å². The van der Waals surface area contributed by atoms with Crippen molar-refractivity contribution in [2.24, 2.45) is 0 Å². The van der Waals surface area contributed by atoms with E-state index < -0.39 is 12.0 Å². The van der Waals surface area contributed by atoms with Crippen molar-refractivity contribution < 1.29 is 14.7 Å². The molecule has 0 aromatic rings. The number of carbonyl (C=O) groups excluding carboxylic acids is 1. The van der Waals surface area contributed by atoms with Gasteiger partial charge in [-0.1, -0.05) is 25.5 Å². The summed E-state index contributed by atoms with van der Waals surface area (Å²) >= 11 is 1.54. The van der Waals surface area contributed by atoms with E-state index in [2.05, 4.69) is 13.2 Å². The molecule has 2 atom stereocenters. The zero-order valence-electron chi connectivity index (χ0n) is 11.8. The van der Waals surface area contributed by atoms with Crippen LogP contribution in [-0.2, 0) is 4.79 Å². The lowest BCUT2D eigenvalue weighted by Crippen LogP contribution is -2.51. The topological polar surface area (TPSA) is 60.9 Å². The molecule has 1 aliphatic rings. The average Bonchev–Trinajstić information content (AvgIpc) is 2.82. The van der Waals surface area contributed by atoms with Gasteiger partial charge < -0.3 is 10.0 Å². The summed E-state index contributed by atoms with van der Waals surface area (Å²) in [5.74, 6) is -0.497. The third-order valence-electron chi connectivity index (χ3n) is 3.10. The minimum Gasteiger partial charge on any atom is -0.480 e. The van der Waals surface area contributed by atoms with Crippen molar-refractivity contribution in [3.8, 4) is 0 Å². The molecule has 2 amide bonds. The number of urea groups is 1. The Hall–Kier alpha value is -1.43. The first-order valence-corrected chi connectivity index (χ1v) is 7.75. The molecule has 0 radical (unpaired) electrons. The Bertz CT molecular complexity index is 377. The van der Waals surface area contributed by atoms with E-state index in [0.717, 1.165) is 12.8 Å². The molecule has 1 heterocycles. The fourth-order valence-corrected chi connectivity index (χ4v) is 3.69. The molecule has 6 heteroatoms. The molecule has 0 saturated carbocycles. The van der Waals surface area contributed by atoms with Gasteiger partial charge in [0, 0.05) is 18.8 Å². The lowest BCUT2D eigenvalue weighted by Gasteiger charge is -2.32. The van der Waals surface area contributed by atoms with Crippen LogP contribution in [0.25, 0.3) is 0 Å². The van der Waals surface area contributed by atoms with Gasteiger partial charge in [-0.25, -0.2) is 9.59 Å². The third-order valence-corrected chi connectivity index (χ3v) is 4.46. The maximum Gasteiger partial charge on any atom is 0.327 e. The predicted molar refractivity (Wildman–Crippen MR) is 81.8 cm³/mol. The van der Waals surface area contributed by atoms with Crippen LogP contribution in [0.15, 0.2) is 25.3 Å². The second-order valence-electron chi connectivity index (χ2n) is 4.60. The molecule has 0 aromatic carbocycles.